The first-order chi connectivity index (χ1) is 6.02. The lowest BCUT2D eigenvalue weighted by atomic mass is 9.99. The molecule has 5 heteroatoms. The fraction of sp³-hybridized carbons (Fsp3) is 0.875. The second-order valence-electron chi connectivity index (χ2n) is 3.42. The van der Waals surface area contributed by atoms with Gasteiger partial charge in [0, 0.05) is 6.42 Å². The number of hydrogen-bond acceptors (Lipinski definition) is 3. The molecule has 0 aliphatic heterocycles. The van der Waals surface area contributed by atoms with Gasteiger partial charge in [0.05, 0.1) is 0 Å². The van der Waals surface area contributed by atoms with Gasteiger partial charge in [0.1, 0.15) is 5.25 Å². The van der Waals surface area contributed by atoms with Crippen LogP contribution in [0.2, 0.25) is 0 Å². The van der Waals surface area contributed by atoms with Gasteiger partial charge in [-0.2, -0.15) is 8.42 Å². The highest BCUT2D eigenvalue weighted by atomic mass is 32.2. The molecule has 1 unspecified atom stereocenters. The Balaban J connectivity index is 2.74. The van der Waals surface area contributed by atoms with Crippen LogP contribution in [0.4, 0.5) is 0 Å². The highest BCUT2D eigenvalue weighted by molar-refractivity contribution is 7.87. The zero-order chi connectivity index (χ0) is 9.90. The molecule has 1 fully saturated rings. The van der Waals surface area contributed by atoms with E-state index in [1.807, 2.05) is 0 Å². The molecule has 0 aromatic heterocycles. The van der Waals surface area contributed by atoms with Crippen LogP contribution in [0.3, 0.4) is 0 Å². The van der Waals surface area contributed by atoms with Crippen molar-refractivity contribution in [3.8, 4) is 0 Å². The molecule has 1 N–H and O–H groups in total. The fourth-order valence-corrected chi connectivity index (χ4v) is 2.53. The largest absolute Gasteiger partial charge is 0.298 e. The SMILES string of the molecule is O=C1CCCCCCC1S(=O)(=O)O. The van der Waals surface area contributed by atoms with Crippen molar-refractivity contribution in [2.24, 2.45) is 0 Å². The summed E-state index contributed by atoms with van der Waals surface area (Å²) in [5, 5.41) is -1.16. The summed E-state index contributed by atoms with van der Waals surface area (Å²) in [6, 6.07) is 0. The van der Waals surface area contributed by atoms with Crippen LogP contribution in [0.15, 0.2) is 0 Å². The van der Waals surface area contributed by atoms with Crippen molar-refractivity contribution in [3.63, 3.8) is 0 Å². The van der Waals surface area contributed by atoms with Crippen LogP contribution >= 0.6 is 0 Å². The molecule has 0 heterocycles. The van der Waals surface area contributed by atoms with Crippen molar-refractivity contribution >= 4 is 15.9 Å². The number of carbonyl (C=O) groups excluding carboxylic acids is 1. The molecular formula is C8H14O4S. The zero-order valence-corrected chi connectivity index (χ0v) is 8.22. The molecule has 0 aromatic rings. The van der Waals surface area contributed by atoms with E-state index in [2.05, 4.69) is 0 Å². The van der Waals surface area contributed by atoms with Crippen molar-refractivity contribution in [3.05, 3.63) is 0 Å². The van der Waals surface area contributed by atoms with E-state index in [1.165, 1.54) is 0 Å². The summed E-state index contributed by atoms with van der Waals surface area (Å²) in [5.41, 5.74) is 0. The third-order valence-corrected chi connectivity index (χ3v) is 3.58. The van der Waals surface area contributed by atoms with E-state index in [0.29, 0.717) is 6.42 Å². The predicted molar refractivity (Wildman–Crippen MR) is 48.0 cm³/mol. The molecule has 1 aliphatic rings. The van der Waals surface area contributed by atoms with Gasteiger partial charge in [0.25, 0.3) is 10.1 Å². The maximum Gasteiger partial charge on any atom is 0.274 e. The van der Waals surface area contributed by atoms with Crippen LogP contribution in [0.1, 0.15) is 38.5 Å². The second kappa shape index (κ2) is 4.19. The van der Waals surface area contributed by atoms with Crippen LogP contribution in [0, 0.1) is 0 Å². The van der Waals surface area contributed by atoms with E-state index in [9.17, 15) is 13.2 Å². The summed E-state index contributed by atoms with van der Waals surface area (Å²) in [6.07, 6.45) is 3.92. The molecule has 76 valence electrons. The first-order valence-electron chi connectivity index (χ1n) is 4.51. The van der Waals surface area contributed by atoms with Crippen molar-refractivity contribution in [1.82, 2.24) is 0 Å². The summed E-state index contributed by atoms with van der Waals surface area (Å²) in [7, 11) is -4.16. The van der Waals surface area contributed by atoms with Crippen molar-refractivity contribution in [2.75, 3.05) is 0 Å². The predicted octanol–water partition coefficient (Wildman–Crippen LogP) is 1.17. The average molecular weight is 206 g/mol. The Kier molecular flexibility index (Phi) is 3.44. The Morgan fingerprint density at radius 3 is 2.38 bits per heavy atom. The van der Waals surface area contributed by atoms with Gasteiger partial charge in [-0.25, -0.2) is 0 Å². The van der Waals surface area contributed by atoms with E-state index in [1.54, 1.807) is 0 Å². The van der Waals surface area contributed by atoms with Gasteiger partial charge in [-0.15, -0.1) is 0 Å². The Hall–Kier alpha value is -0.420. The number of rotatable bonds is 1. The molecule has 1 rings (SSSR count). The first-order valence-corrected chi connectivity index (χ1v) is 6.01. The summed E-state index contributed by atoms with van der Waals surface area (Å²) >= 11 is 0. The summed E-state index contributed by atoms with van der Waals surface area (Å²) < 4.78 is 30.4. The number of Topliss-reactive ketones (excluding diaryl/α,β-unsaturated/α-hetero) is 1. The van der Waals surface area contributed by atoms with Gasteiger partial charge in [0.15, 0.2) is 5.78 Å². The molecule has 4 nitrogen and oxygen atoms in total. The lowest BCUT2D eigenvalue weighted by molar-refractivity contribution is -0.119. The van der Waals surface area contributed by atoms with Crippen LogP contribution in [0.25, 0.3) is 0 Å². The van der Waals surface area contributed by atoms with Gasteiger partial charge >= 0.3 is 0 Å². The van der Waals surface area contributed by atoms with Crippen LogP contribution < -0.4 is 0 Å². The van der Waals surface area contributed by atoms with Gasteiger partial charge in [-0.1, -0.05) is 19.3 Å². The number of carbonyl (C=O) groups is 1. The molecule has 1 aliphatic carbocycles. The minimum Gasteiger partial charge on any atom is -0.298 e. The average Bonchev–Trinajstić information content (AvgIpc) is 1.94. The fourth-order valence-electron chi connectivity index (χ4n) is 1.62. The van der Waals surface area contributed by atoms with Crippen LogP contribution in [-0.4, -0.2) is 24.0 Å². The van der Waals surface area contributed by atoms with Crippen molar-refractivity contribution in [1.29, 1.82) is 0 Å². The molecule has 0 radical (unpaired) electrons. The molecule has 0 saturated heterocycles. The summed E-state index contributed by atoms with van der Waals surface area (Å²) in [4.78, 5) is 11.3. The van der Waals surface area contributed by atoms with Crippen molar-refractivity contribution < 1.29 is 17.8 Å². The van der Waals surface area contributed by atoms with E-state index in [-0.39, 0.29) is 18.6 Å². The Morgan fingerprint density at radius 2 is 1.77 bits per heavy atom. The van der Waals surface area contributed by atoms with Crippen LogP contribution in [-0.2, 0) is 14.9 Å². The summed E-state index contributed by atoms with van der Waals surface area (Å²) in [5.74, 6) is -0.331. The number of ketones is 1. The molecule has 1 saturated carbocycles. The molecule has 13 heavy (non-hydrogen) atoms. The highest BCUT2D eigenvalue weighted by Gasteiger charge is 2.30. The maximum atomic E-state index is 11.3. The molecule has 0 spiro atoms. The van der Waals surface area contributed by atoms with Crippen molar-refractivity contribution in [2.45, 2.75) is 43.8 Å². The Morgan fingerprint density at radius 1 is 1.15 bits per heavy atom. The third kappa shape index (κ3) is 3.08. The van der Waals surface area contributed by atoms with E-state index in [0.717, 1.165) is 19.3 Å². The third-order valence-electron chi connectivity index (χ3n) is 2.36. The Labute approximate surface area is 78.1 Å². The molecule has 0 bridgehead atoms. The normalized spacial score (nSPS) is 26.5. The standard InChI is InChI=1S/C8H14O4S/c9-7-5-3-1-2-4-6-8(7)13(10,11)12/h8H,1-6H2,(H,10,11,12). The Bertz CT molecular complexity index is 281. The monoisotopic (exact) mass is 206 g/mol. The molecular weight excluding hydrogens is 192 g/mol. The lowest BCUT2D eigenvalue weighted by Crippen LogP contribution is -2.30. The molecule has 1 atom stereocenters. The highest BCUT2D eigenvalue weighted by Crippen LogP contribution is 2.19. The first kappa shape index (κ1) is 10.7. The van der Waals surface area contributed by atoms with Gasteiger partial charge < -0.3 is 0 Å². The van der Waals surface area contributed by atoms with Gasteiger partial charge in [-0.05, 0) is 12.8 Å². The quantitative estimate of drug-likeness (QED) is 0.653. The minimum atomic E-state index is -4.16. The topological polar surface area (TPSA) is 71.4 Å². The molecule has 0 aromatic carbocycles. The smallest absolute Gasteiger partial charge is 0.274 e. The van der Waals surface area contributed by atoms with Crippen LogP contribution in [0.5, 0.6) is 0 Å². The number of hydrogen-bond donors (Lipinski definition) is 1. The zero-order valence-electron chi connectivity index (χ0n) is 7.40. The second-order valence-corrected chi connectivity index (χ2v) is 5.02. The lowest BCUT2D eigenvalue weighted by Gasteiger charge is -2.15. The van der Waals surface area contributed by atoms with Gasteiger partial charge in [-0.3, -0.25) is 9.35 Å². The van der Waals surface area contributed by atoms with E-state index < -0.39 is 15.4 Å². The van der Waals surface area contributed by atoms with E-state index >= 15 is 0 Å². The minimum absolute atomic E-state index is 0.275. The van der Waals surface area contributed by atoms with E-state index in [4.69, 9.17) is 4.55 Å². The summed E-state index contributed by atoms with van der Waals surface area (Å²) in [6.45, 7) is 0. The van der Waals surface area contributed by atoms with Gasteiger partial charge in [0.2, 0.25) is 0 Å². The maximum absolute atomic E-state index is 11.3. The molecule has 0 amide bonds.